The van der Waals surface area contributed by atoms with E-state index in [1.807, 2.05) is 13.8 Å². The van der Waals surface area contributed by atoms with Gasteiger partial charge in [-0.05, 0) is 48.0 Å². The lowest BCUT2D eigenvalue weighted by molar-refractivity contribution is 0.883. The van der Waals surface area contributed by atoms with Crippen LogP contribution in [0.5, 0.6) is 0 Å². The summed E-state index contributed by atoms with van der Waals surface area (Å²) in [5.41, 5.74) is 0. The zero-order valence-corrected chi connectivity index (χ0v) is 9.72. The van der Waals surface area contributed by atoms with E-state index in [1.54, 1.807) is 6.20 Å². The third-order valence-corrected chi connectivity index (χ3v) is 2.11. The third kappa shape index (κ3) is 2.75. The monoisotopic (exact) mass is 297 g/mol. The number of halogens is 2. The fourth-order valence-electron chi connectivity index (χ4n) is 0.720. The summed E-state index contributed by atoms with van der Waals surface area (Å²) in [4.78, 5) is 7.90. The summed E-state index contributed by atoms with van der Waals surface area (Å²) in [6.45, 7) is 4.10. The molecule has 5 heteroatoms. The molecule has 1 heterocycles. The fourth-order valence-corrected chi connectivity index (χ4v) is 1.27. The van der Waals surface area contributed by atoms with E-state index in [2.05, 4.69) is 37.9 Å². The van der Waals surface area contributed by atoms with Crippen LogP contribution in [0.25, 0.3) is 0 Å². The van der Waals surface area contributed by atoms with Gasteiger partial charge in [-0.25, -0.2) is 4.98 Å². The van der Waals surface area contributed by atoms with E-state index in [-0.39, 0.29) is 5.28 Å². The first-order valence-electron chi connectivity index (χ1n) is 3.54. The highest BCUT2D eigenvalue weighted by atomic mass is 127. The molecule has 0 unspecified atom stereocenters. The summed E-state index contributed by atoms with van der Waals surface area (Å²) in [6, 6.07) is 0.351. The van der Waals surface area contributed by atoms with Crippen LogP contribution in [-0.2, 0) is 0 Å². The minimum Gasteiger partial charge on any atom is -0.367 e. The Bertz CT molecular complexity index is 277. The van der Waals surface area contributed by atoms with Gasteiger partial charge in [0.1, 0.15) is 5.82 Å². The first kappa shape index (κ1) is 9.98. The van der Waals surface area contributed by atoms with E-state index in [4.69, 9.17) is 11.6 Å². The molecule has 0 saturated heterocycles. The smallest absolute Gasteiger partial charge is 0.224 e. The van der Waals surface area contributed by atoms with Gasteiger partial charge in [0.15, 0.2) is 0 Å². The zero-order valence-electron chi connectivity index (χ0n) is 6.81. The maximum Gasteiger partial charge on any atom is 0.224 e. The van der Waals surface area contributed by atoms with Gasteiger partial charge in [0.25, 0.3) is 0 Å². The number of aromatic nitrogens is 2. The molecule has 0 aromatic carbocycles. The van der Waals surface area contributed by atoms with Crippen molar-refractivity contribution in [1.82, 2.24) is 9.97 Å². The lowest BCUT2D eigenvalue weighted by atomic mass is 10.4. The Hall–Kier alpha value is -0.100. The molecule has 0 fully saturated rings. The van der Waals surface area contributed by atoms with Crippen molar-refractivity contribution in [2.24, 2.45) is 0 Å². The minimum atomic E-state index is 0.276. The molecule has 0 radical (unpaired) electrons. The predicted molar refractivity (Wildman–Crippen MR) is 58.5 cm³/mol. The molecule has 12 heavy (non-hydrogen) atoms. The molecule has 1 rings (SSSR count). The highest BCUT2D eigenvalue weighted by Gasteiger charge is 2.03. The average Bonchev–Trinajstić information content (AvgIpc) is 1.96. The van der Waals surface area contributed by atoms with Crippen molar-refractivity contribution in [2.45, 2.75) is 19.9 Å². The summed E-state index contributed by atoms with van der Waals surface area (Å²) in [7, 11) is 0. The number of rotatable bonds is 2. The molecular formula is C7H9ClIN3. The Morgan fingerprint density at radius 3 is 2.83 bits per heavy atom. The molecule has 1 N–H and O–H groups in total. The summed E-state index contributed by atoms with van der Waals surface area (Å²) in [6.07, 6.45) is 1.70. The van der Waals surface area contributed by atoms with Crippen molar-refractivity contribution >= 4 is 40.0 Å². The SMILES string of the molecule is CC(C)Nc1nc(Cl)ncc1I. The van der Waals surface area contributed by atoms with Gasteiger partial charge in [-0.1, -0.05) is 0 Å². The molecule has 1 aromatic rings. The number of hydrogen-bond acceptors (Lipinski definition) is 3. The van der Waals surface area contributed by atoms with E-state index in [1.165, 1.54) is 0 Å². The van der Waals surface area contributed by atoms with Crippen LogP contribution in [-0.4, -0.2) is 16.0 Å². The quantitative estimate of drug-likeness (QED) is 0.673. The van der Waals surface area contributed by atoms with E-state index in [0.29, 0.717) is 6.04 Å². The highest BCUT2D eigenvalue weighted by molar-refractivity contribution is 14.1. The first-order valence-corrected chi connectivity index (χ1v) is 5.00. The molecule has 0 amide bonds. The maximum absolute atomic E-state index is 5.63. The lowest BCUT2D eigenvalue weighted by Crippen LogP contribution is -2.12. The molecule has 3 nitrogen and oxygen atoms in total. The van der Waals surface area contributed by atoms with Gasteiger partial charge in [-0.3, -0.25) is 0 Å². The normalized spacial score (nSPS) is 10.4. The Balaban J connectivity index is 2.90. The fraction of sp³-hybridized carbons (Fsp3) is 0.429. The molecule has 0 saturated carbocycles. The molecule has 0 aliphatic carbocycles. The van der Waals surface area contributed by atoms with Crippen LogP contribution in [0.4, 0.5) is 5.82 Å². The summed E-state index contributed by atoms with van der Waals surface area (Å²) < 4.78 is 0.978. The van der Waals surface area contributed by atoms with E-state index < -0.39 is 0 Å². The van der Waals surface area contributed by atoms with Crippen LogP contribution in [0, 0.1) is 3.57 Å². The summed E-state index contributed by atoms with van der Waals surface area (Å²) in [5.74, 6) is 0.797. The van der Waals surface area contributed by atoms with Gasteiger partial charge in [-0.15, -0.1) is 0 Å². The predicted octanol–water partition coefficient (Wildman–Crippen LogP) is 2.55. The van der Waals surface area contributed by atoms with Crippen LogP contribution in [0.15, 0.2) is 6.20 Å². The van der Waals surface area contributed by atoms with Gasteiger partial charge >= 0.3 is 0 Å². The van der Waals surface area contributed by atoms with E-state index in [0.717, 1.165) is 9.39 Å². The van der Waals surface area contributed by atoms with Gasteiger partial charge in [0.05, 0.1) is 3.57 Å². The standard InChI is InChI=1S/C7H9ClIN3/c1-4(2)11-6-5(9)3-10-7(8)12-6/h3-4H,1-2H3,(H,10,11,12). The average molecular weight is 298 g/mol. The summed E-state index contributed by atoms with van der Waals surface area (Å²) in [5, 5.41) is 3.45. The topological polar surface area (TPSA) is 37.8 Å². The summed E-state index contributed by atoms with van der Waals surface area (Å²) >= 11 is 7.80. The van der Waals surface area contributed by atoms with Crippen molar-refractivity contribution in [2.75, 3.05) is 5.32 Å². The number of nitrogens with zero attached hydrogens (tertiary/aromatic N) is 2. The van der Waals surface area contributed by atoms with Crippen LogP contribution < -0.4 is 5.32 Å². The lowest BCUT2D eigenvalue weighted by Gasteiger charge is -2.09. The Morgan fingerprint density at radius 1 is 1.58 bits per heavy atom. The second-order valence-electron chi connectivity index (χ2n) is 2.63. The molecule has 1 aromatic heterocycles. The van der Waals surface area contributed by atoms with Gasteiger partial charge in [-0.2, -0.15) is 4.98 Å². The molecule has 0 spiro atoms. The molecule has 0 aliphatic heterocycles. The third-order valence-electron chi connectivity index (χ3n) is 1.14. The zero-order chi connectivity index (χ0) is 9.14. The van der Waals surface area contributed by atoms with Crippen LogP contribution in [0.1, 0.15) is 13.8 Å². The van der Waals surface area contributed by atoms with Crippen LogP contribution >= 0.6 is 34.2 Å². The number of hydrogen-bond donors (Lipinski definition) is 1. The molecular weight excluding hydrogens is 288 g/mol. The number of anilines is 1. The van der Waals surface area contributed by atoms with E-state index >= 15 is 0 Å². The van der Waals surface area contributed by atoms with Crippen LogP contribution in [0.2, 0.25) is 5.28 Å². The van der Waals surface area contributed by atoms with Gasteiger partial charge in [0.2, 0.25) is 5.28 Å². The Kier molecular flexibility index (Phi) is 3.52. The van der Waals surface area contributed by atoms with Gasteiger partial charge in [0, 0.05) is 12.2 Å². The second-order valence-corrected chi connectivity index (χ2v) is 4.13. The second kappa shape index (κ2) is 4.23. The first-order chi connectivity index (χ1) is 5.59. The number of nitrogens with one attached hydrogen (secondary N) is 1. The molecule has 0 bridgehead atoms. The van der Waals surface area contributed by atoms with Crippen LogP contribution in [0.3, 0.4) is 0 Å². The Labute approximate surface area is 90.1 Å². The molecule has 0 atom stereocenters. The van der Waals surface area contributed by atoms with Crippen molar-refractivity contribution < 1.29 is 0 Å². The van der Waals surface area contributed by atoms with E-state index in [9.17, 15) is 0 Å². The van der Waals surface area contributed by atoms with Crippen molar-refractivity contribution in [3.05, 3.63) is 15.1 Å². The largest absolute Gasteiger partial charge is 0.367 e. The van der Waals surface area contributed by atoms with Gasteiger partial charge < -0.3 is 5.32 Å². The Morgan fingerprint density at radius 2 is 2.25 bits per heavy atom. The van der Waals surface area contributed by atoms with Crippen molar-refractivity contribution in [3.8, 4) is 0 Å². The maximum atomic E-state index is 5.63. The molecule has 66 valence electrons. The molecule has 0 aliphatic rings. The van der Waals surface area contributed by atoms with Crippen molar-refractivity contribution in [3.63, 3.8) is 0 Å². The highest BCUT2D eigenvalue weighted by Crippen LogP contribution is 2.16. The minimum absolute atomic E-state index is 0.276. The van der Waals surface area contributed by atoms with Crippen molar-refractivity contribution in [1.29, 1.82) is 0 Å².